The summed E-state index contributed by atoms with van der Waals surface area (Å²) in [5.74, 6) is -0.634. The number of fused-ring (bicyclic) bond motifs is 1. The highest BCUT2D eigenvalue weighted by Crippen LogP contribution is 2.30. The molecule has 25 heavy (non-hydrogen) atoms. The van der Waals surface area contributed by atoms with Crippen LogP contribution in [0.1, 0.15) is 0 Å². The van der Waals surface area contributed by atoms with Gasteiger partial charge in [-0.1, -0.05) is 41.7 Å². The van der Waals surface area contributed by atoms with Crippen molar-refractivity contribution >= 4 is 37.6 Å². The largest absolute Gasteiger partial charge is 0.417 e. The van der Waals surface area contributed by atoms with E-state index in [1.54, 1.807) is 6.20 Å². The van der Waals surface area contributed by atoms with E-state index < -0.39 is 15.8 Å². The third-order valence-electron chi connectivity index (χ3n) is 3.49. The molecule has 0 atom stereocenters. The highest BCUT2D eigenvalue weighted by Gasteiger charge is 2.18. The molecule has 7 nitrogen and oxygen atoms in total. The lowest BCUT2D eigenvalue weighted by Gasteiger charge is -2.04. The van der Waals surface area contributed by atoms with Gasteiger partial charge in [-0.3, -0.25) is 9.71 Å². The van der Waals surface area contributed by atoms with Gasteiger partial charge >= 0.3 is 5.76 Å². The zero-order valence-corrected chi connectivity index (χ0v) is 14.2. The van der Waals surface area contributed by atoms with Crippen molar-refractivity contribution in [3.05, 3.63) is 65.3 Å². The molecule has 0 radical (unpaired) electrons. The molecule has 2 heterocycles. The monoisotopic (exact) mass is 373 g/mol. The molecule has 0 saturated carbocycles. The summed E-state index contributed by atoms with van der Waals surface area (Å²) in [6.07, 6.45) is 1.62. The van der Waals surface area contributed by atoms with Crippen LogP contribution in [0.3, 0.4) is 0 Å². The zero-order chi connectivity index (χ0) is 17.4. The molecule has 0 fully saturated rings. The van der Waals surface area contributed by atoms with E-state index in [0.29, 0.717) is 5.52 Å². The number of oxazole rings is 1. The van der Waals surface area contributed by atoms with Gasteiger partial charge in [0.15, 0.2) is 10.7 Å². The van der Waals surface area contributed by atoms with Crippen LogP contribution in [0.4, 0.5) is 5.13 Å². The van der Waals surface area contributed by atoms with Crippen LogP contribution in [-0.2, 0) is 10.0 Å². The molecule has 0 aliphatic carbocycles. The predicted molar refractivity (Wildman–Crippen MR) is 95.2 cm³/mol. The second kappa shape index (κ2) is 5.87. The standard InChI is InChI=1S/C16H11N3O4S2/c20-16-18-12-7-6-11(8-13(12)23-16)25(21,22)19-15-17-9-14(24-15)10-4-2-1-3-5-10/h1-9H,(H,17,19)(H,18,20). The number of nitrogens with zero attached hydrogens (tertiary/aromatic N) is 1. The first-order valence-electron chi connectivity index (χ1n) is 7.18. The molecule has 4 aromatic rings. The average molecular weight is 373 g/mol. The molecular weight excluding hydrogens is 362 g/mol. The van der Waals surface area contributed by atoms with Gasteiger partial charge in [0.05, 0.1) is 15.3 Å². The third kappa shape index (κ3) is 3.06. The van der Waals surface area contributed by atoms with Gasteiger partial charge in [0.25, 0.3) is 10.0 Å². The fourth-order valence-electron chi connectivity index (χ4n) is 2.32. The van der Waals surface area contributed by atoms with Crippen LogP contribution in [0, 0.1) is 0 Å². The van der Waals surface area contributed by atoms with Crippen molar-refractivity contribution < 1.29 is 12.8 Å². The fourth-order valence-corrected chi connectivity index (χ4v) is 4.40. The number of thiazole rings is 1. The van der Waals surface area contributed by atoms with Crippen LogP contribution in [0.15, 0.2) is 68.8 Å². The zero-order valence-electron chi connectivity index (χ0n) is 12.6. The Hall–Kier alpha value is -2.91. The van der Waals surface area contributed by atoms with Crippen LogP contribution < -0.4 is 10.5 Å². The summed E-state index contributed by atoms with van der Waals surface area (Å²) >= 11 is 1.23. The molecule has 0 amide bonds. The Morgan fingerprint density at radius 2 is 1.92 bits per heavy atom. The van der Waals surface area contributed by atoms with Crippen molar-refractivity contribution in [1.29, 1.82) is 0 Å². The van der Waals surface area contributed by atoms with Gasteiger partial charge in [-0.15, -0.1) is 0 Å². The topological polar surface area (TPSA) is 105 Å². The first-order chi connectivity index (χ1) is 12.0. The quantitative estimate of drug-likeness (QED) is 0.572. The Kier molecular flexibility index (Phi) is 3.66. The third-order valence-corrected chi connectivity index (χ3v) is 5.92. The summed E-state index contributed by atoms with van der Waals surface area (Å²) in [7, 11) is -3.84. The Morgan fingerprint density at radius 3 is 2.72 bits per heavy atom. The number of rotatable bonds is 4. The number of hydrogen-bond donors (Lipinski definition) is 2. The Labute approximate surface area is 146 Å². The molecule has 0 aliphatic rings. The minimum Gasteiger partial charge on any atom is -0.408 e. The highest BCUT2D eigenvalue weighted by atomic mass is 32.2. The first-order valence-corrected chi connectivity index (χ1v) is 9.48. The van der Waals surface area contributed by atoms with Crippen molar-refractivity contribution in [2.45, 2.75) is 4.90 Å². The van der Waals surface area contributed by atoms with Crippen LogP contribution >= 0.6 is 11.3 Å². The molecule has 2 N–H and O–H groups in total. The van der Waals surface area contributed by atoms with E-state index in [1.165, 1.54) is 29.5 Å². The molecule has 0 bridgehead atoms. The second-order valence-corrected chi connectivity index (χ2v) is 7.89. The van der Waals surface area contributed by atoms with Gasteiger partial charge in [-0.25, -0.2) is 18.2 Å². The summed E-state index contributed by atoms with van der Waals surface area (Å²) in [5.41, 5.74) is 1.57. The molecule has 0 saturated heterocycles. The van der Waals surface area contributed by atoms with Gasteiger partial charge < -0.3 is 4.42 Å². The molecule has 0 aliphatic heterocycles. The SMILES string of the molecule is O=c1[nH]c2ccc(S(=O)(=O)Nc3ncc(-c4ccccc4)s3)cc2o1. The smallest absolute Gasteiger partial charge is 0.408 e. The van der Waals surface area contributed by atoms with E-state index in [4.69, 9.17) is 4.42 Å². The number of aromatic nitrogens is 2. The predicted octanol–water partition coefficient (Wildman–Crippen LogP) is 3.05. The number of sulfonamides is 1. The maximum absolute atomic E-state index is 12.5. The minimum atomic E-state index is -3.84. The normalized spacial score (nSPS) is 11.7. The summed E-state index contributed by atoms with van der Waals surface area (Å²) in [6, 6.07) is 13.7. The lowest BCUT2D eigenvalue weighted by molar-refractivity contribution is 0.554. The number of benzene rings is 2. The van der Waals surface area contributed by atoms with Crippen molar-refractivity contribution in [3.63, 3.8) is 0 Å². The van der Waals surface area contributed by atoms with E-state index in [1.807, 2.05) is 30.3 Å². The van der Waals surface area contributed by atoms with E-state index in [9.17, 15) is 13.2 Å². The number of hydrogen-bond acceptors (Lipinski definition) is 6. The van der Waals surface area contributed by atoms with Gasteiger partial charge in [0.2, 0.25) is 0 Å². The number of aromatic amines is 1. The fraction of sp³-hybridized carbons (Fsp3) is 0. The number of H-pyrrole nitrogens is 1. The van der Waals surface area contributed by atoms with Crippen LogP contribution in [0.2, 0.25) is 0 Å². The second-order valence-electron chi connectivity index (χ2n) is 5.17. The summed E-state index contributed by atoms with van der Waals surface area (Å²) in [4.78, 5) is 18.6. The van der Waals surface area contributed by atoms with Gasteiger partial charge in [-0.05, 0) is 17.7 Å². The lowest BCUT2D eigenvalue weighted by Crippen LogP contribution is -2.12. The van der Waals surface area contributed by atoms with Crippen molar-refractivity contribution in [2.75, 3.05) is 4.72 Å². The maximum atomic E-state index is 12.5. The Balaban J connectivity index is 1.64. The average Bonchev–Trinajstić information content (AvgIpc) is 3.20. The summed E-state index contributed by atoms with van der Waals surface area (Å²) in [5, 5.41) is 0.259. The van der Waals surface area contributed by atoms with Crippen LogP contribution in [-0.4, -0.2) is 18.4 Å². The van der Waals surface area contributed by atoms with Gasteiger partial charge in [0, 0.05) is 12.3 Å². The van der Waals surface area contributed by atoms with E-state index >= 15 is 0 Å². The van der Waals surface area contributed by atoms with Crippen molar-refractivity contribution in [3.8, 4) is 10.4 Å². The molecular formula is C16H11N3O4S2. The molecule has 4 rings (SSSR count). The highest BCUT2D eigenvalue weighted by molar-refractivity contribution is 7.93. The van der Waals surface area contributed by atoms with Crippen LogP contribution in [0.5, 0.6) is 0 Å². The molecule has 2 aromatic carbocycles. The van der Waals surface area contributed by atoms with Gasteiger partial charge in [-0.2, -0.15) is 0 Å². The van der Waals surface area contributed by atoms with E-state index in [2.05, 4.69) is 14.7 Å². The summed E-state index contributed by atoms with van der Waals surface area (Å²) in [6.45, 7) is 0. The minimum absolute atomic E-state index is 0.0146. The van der Waals surface area contributed by atoms with E-state index in [0.717, 1.165) is 10.4 Å². The molecule has 0 spiro atoms. The summed E-state index contributed by atoms with van der Waals surface area (Å²) < 4.78 is 32.4. The number of anilines is 1. The first kappa shape index (κ1) is 15.6. The number of nitrogens with one attached hydrogen (secondary N) is 2. The Bertz CT molecular complexity index is 1210. The Morgan fingerprint density at radius 1 is 1.12 bits per heavy atom. The molecule has 9 heteroatoms. The lowest BCUT2D eigenvalue weighted by atomic mass is 10.2. The van der Waals surface area contributed by atoms with E-state index in [-0.39, 0.29) is 15.6 Å². The molecule has 0 unspecified atom stereocenters. The molecule has 2 aromatic heterocycles. The van der Waals surface area contributed by atoms with Crippen LogP contribution in [0.25, 0.3) is 21.5 Å². The maximum Gasteiger partial charge on any atom is 0.417 e. The molecule has 126 valence electrons. The van der Waals surface area contributed by atoms with Gasteiger partial charge in [0.1, 0.15) is 0 Å². The van der Waals surface area contributed by atoms with Crippen molar-refractivity contribution in [1.82, 2.24) is 9.97 Å². The van der Waals surface area contributed by atoms with Crippen molar-refractivity contribution in [2.24, 2.45) is 0 Å².